The zero-order valence-corrected chi connectivity index (χ0v) is 16.8. The molecule has 0 radical (unpaired) electrons. The van der Waals surface area contributed by atoms with Crippen molar-refractivity contribution in [3.8, 4) is 0 Å². The Hall–Kier alpha value is -2.19. The summed E-state index contributed by atoms with van der Waals surface area (Å²) in [7, 11) is -3.68. The van der Waals surface area contributed by atoms with Crippen molar-refractivity contribution in [1.29, 1.82) is 0 Å². The van der Waals surface area contributed by atoms with E-state index in [4.69, 9.17) is 4.52 Å². The van der Waals surface area contributed by atoms with Crippen LogP contribution in [0.25, 0.3) is 0 Å². The van der Waals surface area contributed by atoms with Crippen molar-refractivity contribution >= 4 is 21.6 Å². The topological polar surface area (TPSA) is 83.7 Å². The molecule has 0 N–H and O–H groups in total. The lowest BCUT2D eigenvalue weighted by molar-refractivity contribution is -0.117. The number of amides is 1. The average Bonchev–Trinajstić information content (AvgIpc) is 3.22. The van der Waals surface area contributed by atoms with Gasteiger partial charge in [0.15, 0.2) is 0 Å². The number of benzene rings is 1. The predicted molar refractivity (Wildman–Crippen MR) is 104 cm³/mol. The first-order chi connectivity index (χ1) is 13.5. The van der Waals surface area contributed by atoms with E-state index in [9.17, 15) is 13.2 Å². The molecule has 1 atom stereocenters. The molecule has 2 saturated heterocycles. The molecule has 2 fully saturated rings. The Morgan fingerprint density at radius 3 is 2.50 bits per heavy atom. The number of aromatic nitrogens is 1. The molecule has 1 amide bonds. The summed E-state index contributed by atoms with van der Waals surface area (Å²) in [6.07, 6.45) is 4.89. The predicted octanol–water partition coefficient (Wildman–Crippen LogP) is 3.42. The maximum atomic E-state index is 13.4. The van der Waals surface area contributed by atoms with Gasteiger partial charge in [-0.05, 0) is 50.5 Å². The first kappa shape index (κ1) is 19.1. The lowest BCUT2D eigenvalue weighted by Gasteiger charge is -2.28. The summed E-state index contributed by atoms with van der Waals surface area (Å²) in [6.45, 7) is 2.96. The summed E-state index contributed by atoms with van der Waals surface area (Å²) in [5.41, 5.74) is 1.42. The van der Waals surface area contributed by atoms with E-state index in [2.05, 4.69) is 5.16 Å². The SMILES string of the molecule is Cc1cc(C2CCCCCN2S(=O)(=O)c2ccc(N3CCCC3=O)cc2)no1. The van der Waals surface area contributed by atoms with Crippen LogP contribution in [0.1, 0.15) is 56.0 Å². The standard InChI is InChI=1S/C20H25N3O4S/c1-15-14-18(21-27-15)19-6-3-2-4-13-23(19)28(25,26)17-10-8-16(9-11-17)22-12-5-7-20(22)24/h8-11,14,19H,2-7,12-13H2,1H3. The van der Waals surface area contributed by atoms with E-state index in [1.165, 1.54) is 0 Å². The fourth-order valence-electron chi connectivity index (χ4n) is 4.06. The van der Waals surface area contributed by atoms with Crippen LogP contribution >= 0.6 is 0 Å². The summed E-state index contributed by atoms with van der Waals surface area (Å²) in [5, 5.41) is 4.09. The Labute approximate surface area is 165 Å². The smallest absolute Gasteiger partial charge is 0.243 e. The Balaban J connectivity index is 1.64. The highest BCUT2D eigenvalue weighted by molar-refractivity contribution is 7.89. The number of rotatable bonds is 4. The van der Waals surface area contributed by atoms with E-state index in [0.717, 1.165) is 37.8 Å². The number of carbonyl (C=O) groups excluding carboxylic acids is 1. The van der Waals surface area contributed by atoms with Crippen LogP contribution in [-0.2, 0) is 14.8 Å². The fraction of sp³-hybridized carbons (Fsp3) is 0.500. The van der Waals surface area contributed by atoms with Gasteiger partial charge >= 0.3 is 0 Å². The summed E-state index contributed by atoms with van der Waals surface area (Å²) in [4.78, 5) is 13.9. The number of hydrogen-bond acceptors (Lipinski definition) is 5. The lowest BCUT2D eigenvalue weighted by Crippen LogP contribution is -2.35. The zero-order chi connectivity index (χ0) is 19.7. The highest BCUT2D eigenvalue weighted by Crippen LogP contribution is 2.35. The van der Waals surface area contributed by atoms with Crippen LogP contribution < -0.4 is 4.90 Å². The van der Waals surface area contributed by atoms with Crippen LogP contribution in [0, 0.1) is 6.92 Å². The van der Waals surface area contributed by atoms with Crippen LogP contribution in [0.3, 0.4) is 0 Å². The van der Waals surface area contributed by atoms with Gasteiger partial charge in [0, 0.05) is 31.3 Å². The zero-order valence-electron chi connectivity index (χ0n) is 16.0. The van der Waals surface area contributed by atoms with E-state index < -0.39 is 10.0 Å². The van der Waals surface area contributed by atoms with Crippen molar-refractivity contribution in [2.75, 3.05) is 18.0 Å². The molecule has 2 aliphatic rings. The normalized spacial score (nSPS) is 21.8. The molecule has 8 heteroatoms. The van der Waals surface area contributed by atoms with E-state index in [-0.39, 0.29) is 16.8 Å². The Morgan fingerprint density at radius 2 is 1.86 bits per heavy atom. The third-order valence-electron chi connectivity index (χ3n) is 5.52. The minimum Gasteiger partial charge on any atom is -0.361 e. The molecule has 1 aromatic carbocycles. The molecule has 150 valence electrons. The van der Waals surface area contributed by atoms with Crippen LogP contribution in [0.4, 0.5) is 5.69 Å². The molecule has 0 saturated carbocycles. The number of carbonyl (C=O) groups is 1. The highest BCUT2D eigenvalue weighted by Gasteiger charge is 2.35. The molecule has 0 aliphatic carbocycles. The van der Waals surface area contributed by atoms with Gasteiger partial charge in [0.1, 0.15) is 11.5 Å². The summed E-state index contributed by atoms with van der Waals surface area (Å²) in [6, 6.07) is 8.16. The Morgan fingerprint density at radius 1 is 1.07 bits per heavy atom. The van der Waals surface area contributed by atoms with Gasteiger partial charge in [-0.3, -0.25) is 4.79 Å². The van der Waals surface area contributed by atoms with Gasteiger partial charge < -0.3 is 9.42 Å². The minimum absolute atomic E-state index is 0.0876. The summed E-state index contributed by atoms with van der Waals surface area (Å²) < 4.78 is 33.6. The minimum atomic E-state index is -3.68. The molecular weight excluding hydrogens is 378 g/mol. The summed E-state index contributed by atoms with van der Waals surface area (Å²) in [5.74, 6) is 0.765. The number of sulfonamides is 1. The molecule has 2 aliphatic heterocycles. The van der Waals surface area contributed by atoms with Crippen LogP contribution in [0.15, 0.2) is 39.8 Å². The van der Waals surface area contributed by atoms with Crippen molar-refractivity contribution in [3.63, 3.8) is 0 Å². The number of nitrogens with zero attached hydrogens (tertiary/aromatic N) is 3. The van der Waals surface area contributed by atoms with Gasteiger partial charge in [-0.1, -0.05) is 18.0 Å². The van der Waals surface area contributed by atoms with Crippen molar-refractivity contribution < 1.29 is 17.7 Å². The van der Waals surface area contributed by atoms with Gasteiger partial charge in [0.05, 0.1) is 10.9 Å². The van der Waals surface area contributed by atoms with E-state index in [0.29, 0.717) is 31.0 Å². The second-order valence-electron chi connectivity index (χ2n) is 7.49. The molecule has 0 bridgehead atoms. The molecule has 4 rings (SSSR count). The molecular formula is C20H25N3O4S. The second-order valence-corrected chi connectivity index (χ2v) is 9.38. The molecule has 3 heterocycles. The van der Waals surface area contributed by atoms with Crippen LogP contribution in [0.2, 0.25) is 0 Å². The molecule has 0 spiro atoms. The fourth-order valence-corrected chi connectivity index (χ4v) is 5.73. The lowest BCUT2D eigenvalue weighted by atomic mass is 10.1. The number of anilines is 1. The quantitative estimate of drug-likeness (QED) is 0.781. The third kappa shape index (κ3) is 3.58. The van der Waals surface area contributed by atoms with Gasteiger partial charge in [-0.2, -0.15) is 4.31 Å². The molecule has 2 aromatic rings. The molecule has 1 aromatic heterocycles. The Bertz CT molecular complexity index is 952. The van der Waals surface area contributed by atoms with Gasteiger partial charge in [0.25, 0.3) is 0 Å². The first-order valence-electron chi connectivity index (χ1n) is 9.82. The van der Waals surface area contributed by atoms with Crippen LogP contribution in [-0.4, -0.2) is 36.9 Å². The molecule has 28 heavy (non-hydrogen) atoms. The Kier molecular flexibility index (Phi) is 5.25. The van der Waals surface area contributed by atoms with Crippen molar-refractivity contribution in [2.24, 2.45) is 0 Å². The maximum Gasteiger partial charge on any atom is 0.243 e. The molecule has 7 nitrogen and oxygen atoms in total. The van der Waals surface area contributed by atoms with E-state index in [1.54, 1.807) is 33.5 Å². The van der Waals surface area contributed by atoms with E-state index >= 15 is 0 Å². The van der Waals surface area contributed by atoms with Crippen molar-refractivity contribution in [1.82, 2.24) is 9.46 Å². The maximum absolute atomic E-state index is 13.4. The van der Waals surface area contributed by atoms with Crippen LogP contribution in [0.5, 0.6) is 0 Å². The third-order valence-corrected chi connectivity index (χ3v) is 7.44. The van der Waals surface area contributed by atoms with Crippen molar-refractivity contribution in [2.45, 2.75) is 56.4 Å². The van der Waals surface area contributed by atoms with Gasteiger partial charge in [-0.15, -0.1) is 0 Å². The summed E-state index contributed by atoms with van der Waals surface area (Å²) >= 11 is 0. The number of hydrogen-bond donors (Lipinski definition) is 0. The monoisotopic (exact) mass is 403 g/mol. The number of aryl methyl sites for hydroxylation is 1. The van der Waals surface area contributed by atoms with Gasteiger partial charge in [-0.25, -0.2) is 8.42 Å². The average molecular weight is 404 g/mol. The molecule has 1 unspecified atom stereocenters. The highest BCUT2D eigenvalue weighted by atomic mass is 32.2. The first-order valence-corrected chi connectivity index (χ1v) is 11.3. The van der Waals surface area contributed by atoms with E-state index in [1.807, 2.05) is 13.0 Å². The van der Waals surface area contributed by atoms with Crippen molar-refractivity contribution in [3.05, 3.63) is 41.8 Å². The largest absolute Gasteiger partial charge is 0.361 e. The second kappa shape index (κ2) is 7.67. The van der Waals surface area contributed by atoms with Gasteiger partial charge in [0.2, 0.25) is 15.9 Å².